The summed E-state index contributed by atoms with van der Waals surface area (Å²) in [4.78, 5) is 0.398. The highest BCUT2D eigenvalue weighted by atomic mass is 32.2. The van der Waals surface area contributed by atoms with Crippen LogP contribution in [0.5, 0.6) is 0 Å². The number of sulfone groups is 1. The van der Waals surface area contributed by atoms with E-state index in [4.69, 9.17) is 0 Å². The Bertz CT molecular complexity index is 501. The number of hydrogen-bond donors (Lipinski definition) is 1. The Kier molecular flexibility index (Phi) is 4.63. The summed E-state index contributed by atoms with van der Waals surface area (Å²) in [5.74, 6) is 0.669. The van der Waals surface area contributed by atoms with E-state index in [0.29, 0.717) is 16.9 Å². The van der Waals surface area contributed by atoms with Crippen LogP contribution in [0.2, 0.25) is 0 Å². The third-order valence-corrected chi connectivity index (χ3v) is 5.23. The third kappa shape index (κ3) is 3.57. The zero-order valence-electron chi connectivity index (χ0n) is 11.7. The minimum atomic E-state index is -3.10. The van der Waals surface area contributed by atoms with Crippen LogP contribution in [0.15, 0.2) is 29.2 Å². The molecule has 1 N–H and O–H groups in total. The zero-order valence-corrected chi connectivity index (χ0v) is 12.5. The molecule has 0 heterocycles. The van der Waals surface area contributed by atoms with Gasteiger partial charge in [0.25, 0.3) is 0 Å². The van der Waals surface area contributed by atoms with E-state index in [-0.39, 0.29) is 0 Å². The lowest BCUT2D eigenvalue weighted by Crippen LogP contribution is -2.26. The van der Waals surface area contributed by atoms with Crippen LogP contribution in [0.1, 0.15) is 43.7 Å². The molecule has 3 nitrogen and oxygen atoms in total. The van der Waals surface area contributed by atoms with E-state index in [1.807, 2.05) is 19.2 Å². The van der Waals surface area contributed by atoms with Gasteiger partial charge in [-0.1, -0.05) is 31.4 Å². The first kappa shape index (κ1) is 14.5. The van der Waals surface area contributed by atoms with Crippen molar-refractivity contribution < 1.29 is 8.42 Å². The predicted molar refractivity (Wildman–Crippen MR) is 77.9 cm³/mol. The Labute approximate surface area is 116 Å². The minimum absolute atomic E-state index is 0.342. The lowest BCUT2D eigenvalue weighted by molar-refractivity contribution is 0.281. The van der Waals surface area contributed by atoms with Gasteiger partial charge in [0, 0.05) is 12.3 Å². The molecule has 0 amide bonds. The van der Waals surface area contributed by atoms with Crippen molar-refractivity contribution >= 4 is 9.84 Å². The summed E-state index contributed by atoms with van der Waals surface area (Å²) in [7, 11) is -1.11. The molecule has 19 heavy (non-hydrogen) atoms. The van der Waals surface area contributed by atoms with E-state index < -0.39 is 9.84 Å². The molecule has 1 saturated carbocycles. The Morgan fingerprint density at radius 2 is 1.68 bits per heavy atom. The van der Waals surface area contributed by atoms with Gasteiger partial charge in [0.2, 0.25) is 0 Å². The standard InChI is InChI=1S/C15H23NO2S/c1-16-15(12-6-4-3-5-7-12)13-8-10-14(11-9-13)19(2,17)18/h8-12,15-16H,3-7H2,1-2H3. The molecule has 1 fully saturated rings. The highest BCUT2D eigenvalue weighted by molar-refractivity contribution is 7.90. The van der Waals surface area contributed by atoms with Crippen LogP contribution in [0.3, 0.4) is 0 Å². The summed E-state index contributed by atoms with van der Waals surface area (Å²) < 4.78 is 22.9. The molecule has 4 heteroatoms. The molecule has 0 saturated heterocycles. The molecule has 1 aliphatic rings. The van der Waals surface area contributed by atoms with Crippen molar-refractivity contribution in [1.82, 2.24) is 5.32 Å². The maximum Gasteiger partial charge on any atom is 0.175 e. The van der Waals surface area contributed by atoms with Gasteiger partial charge in [0.05, 0.1) is 4.90 Å². The lowest BCUT2D eigenvalue weighted by Gasteiger charge is -2.30. The second-order valence-corrected chi connectivity index (χ2v) is 7.52. The van der Waals surface area contributed by atoms with Crippen molar-refractivity contribution in [2.75, 3.05) is 13.3 Å². The summed E-state index contributed by atoms with van der Waals surface area (Å²) >= 11 is 0. The number of benzene rings is 1. The van der Waals surface area contributed by atoms with Crippen molar-refractivity contribution in [2.24, 2.45) is 5.92 Å². The normalized spacial score (nSPS) is 19.3. The summed E-state index contributed by atoms with van der Waals surface area (Å²) in [6, 6.07) is 7.68. The van der Waals surface area contributed by atoms with Crippen LogP contribution in [-0.2, 0) is 9.84 Å². The predicted octanol–water partition coefficient (Wildman–Crippen LogP) is 2.93. The Hall–Kier alpha value is -0.870. The molecule has 1 atom stereocenters. The number of nitrogens with one attached hydrogen (secondary N) is 1. The molecule has 0 spiro atoms. The van der Waals surface area contributed by atoms with Gasteiger partial charge in [-0.05, 0) is 43.5 Å². The topological polar surface area (TPSA) is 46.2 Å². The van der Waals surface area contributed by atoms with Crippen LogP contribution in [0.25, 0.3) is 0 Å². The van der Waals surface area contributed by atoms with Gasteiger partial charge in [0.1, 0.15) is 0 Å². The van der Waals surface area contributed by atoms with Crippen LogP contribution in [0.4, 0.5) is 0 Å². The molecule has 0 radical (unpaired) electrons. The van der Waals surface area contributed by atoms with Crippen molar-refractivity contribution in [1.29, 1.82) is 0 Å². The molecular formula is C15H23NO2S. The van der Waals surface area contributed by atoms with Crippen molar-refractivity contribution in [3.05, 3.63) is 29.8 Å². The van der Waals surface area contributed by atoms with Crippen LogP contribution < -0.4 is 5.32 Å². The first-order chi connectivity index (χ1) is 9.02. The summed E-state index contributed by atoms with van der Waals surface area (Å²) in [5, 5.41) is 3.40. The van der Waals surface area contributed by atoms with E-state index >= 15 is 0 Å². The van der Waals surface area contributed by atoms with Crippen molar-refractivity contribution in [3.63, 3.8) is 0 Å². The Morgan fingerprint density at radius 1 is 1.11 bits per heavy atom. The Morgan fingerprint density at radius 3 is 2.16 bits per heavy atom. The molecule has 1 aromatic carbocycles. The van der Waals surface area contributed by atoms with Crippen molar-refractivity contribution in [3.8, 4) is 0 Å². The molecule has 2 rings (SSSR count). The van der Waals surface area contributed by atoms with Gasteiger partial charge in [-0.2, -0.15) is 0 Å². The smallest absolute Gasteiger partial charge is 0.175 e. The maximum atomic E-state index is 11.5. The van der Waals surface area contributed by atoms with Crippen molar-refractivity contribution in [2.45, 2.75) is 43.0 Å². The molecule has 1 aromatic rings. The summed E-state index contributed by atoms with van der Waals surface area (Å²) in [6.07, 6.45) is 7.74. The highest BCUT2D eigenvalue weighted by Crippen LogP contribution is 2.34. The fourth-order valence-electron chi connectivity index (χ4n) is 3.06. The van der Waals surface area contributed by atoms with E-state index in [1.54, 1.807) is 12.1 Å². The summed E-state index contributed by atoms with van der Waals surface area (Å²) in [6.45, 7) is 0. The minimum Gasteiger partial charge on any atom is -0.313 e. The fraction of sp³-hybridized carbons (Fsp3) is 0.600. The molecule has 0 aromatic heterocycles. The quantitative estimate of drug-likeness (QED) is 0.923. The van der Waals surface area contributed by atoms with E-state index in [9.17, 15) is 8.42 Å². The van der Waals surface area contributed by atoms with Gasteiger partial charge < -0.3 is 5.32 Å². The molecule has 1 aliphatic carbocycles. The molecule has 1 unspecified atom stereocenters. The average Bonchev–Trinajstić information content (AvgIpc) is 2.40. The molecule has 106 valence electrons. The second-order valence-electron chi connectivity index (χ2n) is 5.51. The third-order valence-electron chi connectivity index (χ3n) is 4.10. The van der Waals surface area contributed by atoms with Crippen LogP contribution in [0, 0.1) is 5.92 Å². The summed E-state index contributed by atoms with van der Waals surface area (Å²) in [5.41, 5.74) is 1.20. The largest absolute Gasteiger partial charge is 0.313 e. The first-order valence-corrected chi connectivity index (χ1v) is 8.89. The van der Waals surface area contributed by atoms with Gasteiger partial charge >= 0.3 is 0 Å². The molecule has 0 bridgehead atoms. The molecular weight excluding hydrogens is 258 g/mol. The SMILES string of the molecule is CNC(c1ccc(S(C)(=O)=O)cc1)C1CCCCC1. The highest BCUT2D eigenvalue weighted by Gasteiger charge is 2.23. The fourth-order valence-corrected chi connectivity index (χ4v) is 3.69. The maximum absolute atomic E-state index is 11.5. The van der Waals surface area contributed by atoms with Gasteiger partial charge in [-0.3, -0.25) is 0 Å². The van der Waals surface area contributed by atoms with E-state index in [1.165, 1.54) is 43.9 Å². The molecule has 0 aliphatic heterocycles. The van der Waals surface area contributed by atoms with Crippen LogP contribution >= 0.6 is 0 Å². The average molecular weight is 281 g/mol. The zero-order chi connectivity index (χ0) is 13.9. The van der Waals surface area contributed by atoms with Gasteiger partial charge in [0.15, 0.2) is 9.84 Å². The van der Waals surface area contributed by atoms with E-state index in [2.05, 4.69) is 5.32 Å². The van der Waals surface area contributed by atoms with Gasteiger partial charge in [-0.15, -0.1) is 0 Å². The monoisotopic (exact) mass is 281 g/mol. The number of rotatable bonds is 4. The number of hydrogen-bond acceptors (Lipinski definition) is 3. The first-order valence-electron chi connectivity index (χ1n) is 6.99. The second kappa shape index (κ2) is 6.06. The Balaban J connectivity index is 2.19. The lowest BCUT2D eigenvalue weighted by atomic mass is 9.81. The van der Waals surface area contributed by atoms with Crippen LogP contribution in [-0.4, -0.2) is 21.7 Å². The van der Waals surface area contributed by atoms with Gasteiger partial charge in [-0.25, -0.2) is 8.42 Å². The van der Waals surface area contributed by atoms with E-state index in [0.717, 1.165) is 0 Å².